The summed E-state index contributed by atoms with van der Waals surface area (Å²) in [5, 5.41) is 2.79. The maximum atomic E-state index is 12.1. The van der Waals surface area contributed by atoms with Crippen LogP contribution in [0.25, 0.3) is 0 Å². The smallest absolute Gasteiger partial charge is 0.307 e. The van der Waals surface area contributed by atoms with Crippen molar-refractivity contribution in [3.05, 3.63) is 35.9 Å². The number of benzene rings is 1. The fourth-order valence-electron chi connectivity index (χ4n) is 1.94. The van der Waals surface area contributed by atoms with E-state index in [0.717, 1.165) is 18.4 Å². The van der Waals surface area contributed by atoms with Crippen LogP contribution in [0.3, 0.4) is 0 Å². The Morgan fingerprint density at radius 1 is 1.26 bits per heavy atom. The van der Waals surface area contributed by atoms with Crippen molar-refractivity contribution in [2.75, 3.05) is 13.7 Å². The van der Waals surface area contributed by atoms with E-state index in [2.05, 4.69) is 17.0 Å². The van der Waals surface area contributed by atoms with Crippen molar-refractivity contribution in [3.63, 3.8) is 0 Å². The Morgan fingerprint density at radius 3 is 2.53 bits per heavy atom. The quantitative estimate of drug-likeness (QED) is 0.768. The van der Waals surface area contributed by atoms with Gasteiger partial charge in [0.1, 0.15) is 0 Å². The minimum Gasteiger partial charge on any atom is -0.469 e. The molecule has 1 aromatic rings. The SMILES string of the molecule is CCCC(C(=O)NCCC(=O)OC)c1ccccc1. The van der Waals surface area contributed by atoms with Crippen LogP contribution in [-0.4, -0.2) is 25.5 Å². The molecular formula is C15H21NO3. The second kappa shape index (κ2) is 8.29. The number of ether oxygens (including phenoxy) is 1. The van der Waals surface area contributed by atoms with Crippen LogP contribution in [0.4, 0.5) is 0 Å². The van der Waals surface area contributed by atoms with Crippen LogP contribution >= 0.6 is 0 Å². The summed E-state index contributed by atoms with van der Waals surface area (Å²) in [6, 6.07) is 9.71. The zero-order chi connectivity index (χ0) is 14.1. The molecule has 1 rings (SSSR count). The van der Waals surface area contributed by atoms with Crippen molar-refractivity contribution in [1.82, 2.24) is 5.32 Å². The van der Waals surface area contributed by atoms with Crippen molar-refractivity contribution >= 4 is 11.9 Å². The van der Waals surface area contributed by atoms with Crippen molar-refractivity contribution in [2.45, 2.75) is 32.1 Å². The van der Waals surface area contributed by atoms with Crippen LogP contribution in [0.15, 0.2) is 30.3 Å². The summed E-state index contributed by atoms with van der Waals surface area (Å²) in [6.07, 6.45) is 1.94. The number of esters is 1. The Hall–Kier alpha value is -1.84. The summed E-state index contributed by atoms with van der Waals surface area (Å²) in [5.41, 5.74) is 1.01. The minimum absolute atomic E-state index is 0.0306. The molecule has 0 aromatic heterocycles. The predicted molar refractivity (Wildman–Crippen MR) is 73.7 cm³/mol. The molecule has 0 saturated carbocycles. The third kappa shape index (κ3) is 5.12. The highest BCUT2D eigenvalue weighted by atomic mass is 16.5. The fraction of sp³-hybridized carbons (Fsp3) is 0.467. The Labute approximate surface area is 114 Å². The number of hydrogen-bond donors (Lipinski definition) is 1. The summed E-state index contributed by atoms with van der Waals surface area (Å²) in [6.45, 7) is 2.37. The van der Waals surface area contributed by atoms with Crippen molar-refractivity contribution < 1.29 is 14.3 Å². The third-order valence-corrected chi connectivity index (χ3v) is 2.95. The molecule has 0 aliphatic rings. The molecule has 0 heterocycles. The monoisotopic (exact) mass is 263 g/mol. The number of hydrogen-bond acceptors (Lipinski definition) is 3. The molecule has 0 radical (unpaired) electrons. The molecule has 0 spiro atoms. The molecule has 0 bridgehead atoms. The van der Waals surface area contributed by atoms with Crippen molar-refractivity contribution in [3.8, 4) is 0 Å². The second-order valence-electron chi connectivity index (χ2n) is 4.37. The maximum Gasteiger partial charge on any atom is 0.307 e. The van der Waals surface area contributed by atoms with Gasteiger partial charge in [-0.15, -0.1) is 0 Å². The van der Waals surface area contributed by atoms with E-state index in [1.165, 1.54) is 7.11 Å². The van der Waals surface area contributed by atoms with Crippen molar-refractivity contribution in [2.24, 2.45) is 0 Å². The summed E-state index contributed by atoms with van der Waals surface area (Å²) >= 11 is 0. The maximum absolute atomic E-state index is 12.1. The van der Waals surface area contributed by atoms with E-state index in [1.807, 2.05) is 30.3 Å². The topological polar surface area (TPSA) is 55.4 Å². The average molecular weight is 263 g/mol. The van der Waals surface area contributed by atoms with Gasteiger partial charge in [-0.05, 0) is 12.0 Å². The lowest BCUT2D eigenvalue weighted by atomic mass is 9.93. The molecule has 104 valence electrons. The van der Waals surface area contributed by atoms with Gasteiger partial charge in [0.2, 0.25) is 5.91 Å². The molecule has 0 fully saturated rings. The Balaban J connectivity index is 2.56. The standard InChI is InChI=1S/C15H21NO3/c1-3-7-13(12-8-5-4-6-9-12)15(18)16-11-10-14(17)19-2/h4-6,8-9,13H,3,7,10-11H2,1-2H3,(H,16,18). The van der Waals surface area contributed by atoms with Crippen LogP contribution in [0, 0.1) is 0 Å². The predicted octanol–water partition coefficient (Wildman–Crippen LogP) is 2.25. The van der Waals surface area contributed by atoms with Gasteiger partial charge in [-0.2, -0.15) is 0 Å². The zero-order valence-corrected chi connectivity index (χ0v) is 11.5. The van der Waals surface area contributed by atoms with Gasteiger partial charge in [0.05, 0.1) is 19.4 Å². The first kappa shape index (κ1) is 15.2. The number of carbonyl (C=O) groups is 2. The molecule has 4 nitrogen and oxygen atoms in total. The summed E-state index contributed by atoms with van der Waals surface area (Å²) < 4.78 is 4.53. The van der Waals surface area contributed by atoms with Gasteiger partial charge in [-0.25, -0.2) is 0 Å². The van der Waals surface area contributed by atoms with E-state index in [0.29, 0.717) is 6.54 Å². The first-order chi connectivity index (χ1) is 9.19. The van der Waals surface area contributed by atoms with Crippen LogP contribution in [0.5, 0.6) is 0 Å². The fourth-order valence-corrected chi connectivity index (χ4v) is 1.94. The van der Waals surface area contributed by atoms with E-state index in [-0.39, 0.29) is 24.2 Å². The van der Waals surface area contributed by atoms with Crippen LogP contribution in [0.2, 0.25) is 0 Å². The molecule has 1 unspecified atom stereocenters. The van der Waals surface area contributed by atoms with E-state index < -0.39 is 0 Å². The van der Waals surface area contributed by atoms with Gasteiger partial charge >= 0.3 is 5.97 Å². The van der Waals surface area contributed by atoms with Gasteiger partial charge < -0.3 is 10.1 Å². The first-order valence-electron chi connectivity index (χ1n) is 6.58. The second-order valence-corrected chi connectivity index (χ2v) is 4.37. The van der Waals surface area contributed by atoms with Gasteiger partial charge in [0.25, 0.3) is 0 Å². The molecule has 1 N–H and O–H groups in total. The minimum atomic E-state index is -0.313. The summed E-state index contributed by atoms with van der Waals surface area (Å²) in [7, 11) is 1.34. The Morgan fingerprint density at radius 2 is 1.95 bits per heavy atom. The zero-order valence-electron chi connectivity index (χ0n) is 11.5. The lowest BCUT2D eigenvalue weighted by Crippen LogP contribution is -2.31. The number of carbonyl (C=O) groups excluding carboxylic acids is 2. The summed E-state index contributed by atoms with van der Waals surface area (Å²) in [4.78, 5) is 23.1. The van der Waals surface area contributed by atoms with Crippen molar-refractivity contribution in [1.29, 1.82) is 0 Å². The normalized spacial score (nSPS) is 11.7. The summed E-state index contributed by atoms with van der Waals surface area (Å²) in [5.74, 6) is -0.493. The highest BCUT2D eigenvalue weighted by molar-refractivity contribution is 5.84. The van der Waals surface area contributed by atoms with Crippen LogP contribution in [0.1, 0.15) is 37.7 Å². The van der Waals surface area contributed by atoms with Gasteiger partial charge in [-0.1, -0.05) is 43.7 Å². The number of amides is 1. The molecule has 0 saturated heterocycles. The Bertz CT molecular complexity index is 403. The number of rotatable bonds is 7. The first-order valence-corrected chi connectivity index (χ1v) is 6.58. The van der Waals surface area contributed by atoms with Gasteiger partial charge in [0.15, 0.2) is 0 Å². The molecule has 1 atom stereocenters. The molecule has 1 aromatic carbocycles. The molecular weight excluding hydrogens is 242 g/mol. The Kier molecular flexibility index (Phi) is 6.64. The molecule has 0 aliphatic carbocycles. The highest BCUT2D eigenvalue weighted by Crippen LogP contribution is 2.21. The van der Waals surface area contributed by atoms with Gasteiger partial charge in [0, 0.05) is 6.54 Å². The average Bonchev–Trinajstić information content (AvgIpc) is 2.45. The molecule has 4 heteroatoms. The van der Waals surface area contributed by atoms with E-state index in [9.17, 15) is 9.59 Å². The lowest BCUT2D eigenvalue weighted by molar-refractivity contribution is -0.140. The number of methoxy groups -OCH3 is 1. The molecule has 0 aliphatic heterocycles. The van der Waals surface area contributed by atoms with Crippen LogP contribution in [-0.2, 0) is 14.3 Å². The van der Waals surface area contributed by atoms with E-state index >= 15 is 0 Å². The number of nitrogens with one attached hydrogen (secondary N) is 1. The molecule has 1 amide bonds. The lowest BCUT2D eigenvalue weighted by Gasteiger charge is -2.16. The van der Waals surface area contributed by atoms with E-state index in [1.54, 1.807) is 0 Å². The highest BCUT2D eigenvalue weighted by Gasteiger charge is 2.19. The van der Waals surface area contributed by atoms with E-state index in [4.69, 9.17) is 0 Å². The third-order valence-electron chi connectivity index (χ3n) is 2.95. The van der Waals surface area contributed by atoms with Gasteiger partial charge in [-0.3, -0.25) is 9.59 Å². The van der Waals surface area contributed by atoms with Crippen LogP contribution < -0.4 is 5.32 Å². The molecule has 19 heavy (non-hydrogen) atoms. The largest absolute Gasteiger partial charge is 0.469 e.